The standard InChI is InChI=1S/C6H11NO3/c1-4-6(7,5(8)9)2-3-10-4/h4H,2-3,7H2,1H3,(H,8,9). The minimum absolute atomic E-state index is 0.370. The Morgan fingerprint density at radius 2 is 2.50 bits per heavy atom. The van der Waals surface area contributed by atoms with Crippen molar-refractivity contribution in [3.8, 4) is 0 Å². The number of rotatable bonds is 1. The summed E-state index contributed by atoms with van der Waals surface area (Å²) in [6.45, 7) is 2.13. The molecule has 1 rings (SSSR count). The Kier molecular flexibility index (Phi) is 1.66. The van der Waals surface area contributed by atoms with Crippen LogP contribution in [0.4, 0.5) is 0 Å². The van der Waals surface area contributed by atoms with Crippen LogP contribution in [-0.4, -0.2) is 29.3 Å². The van der Waals surface area contributed by atoms with Gasteiger partial charge in [0, 0.05) is 13.0 Å². The normalized spacial score (nSPS) is 40.0. The smallest absolute Gasteiger partial charge is 0.326 e. The fourth-order valence-electron chi connectivity index (χ4n) is 1.04. The van der Waals surface area contributed by atoms with Crippen LogP contribution in [0.1, 0.15) is 13.3 Å². The summed E-state index contributed by atoms with van der Waals surface area (Å²) in [5.74, 6) is -0.975. The van der Waals surface area contributed by atoms with Crippen LogP contribution >= 0.6 is 0 Å². The van der Waals surface area contributed by atoms with Crippen molar-refractivity contribution in [1.29, 1.82) is 0 Å². The number of carbonyl (C=O) groups is 1. The fraction of sp³-hybridized carbons (Fsp3) is 0.833. The molecule has 0 aliphatic carbocycles. The largest absolute Gasteiger partial charge is 0.480 e. The number of ether oxygens (including phenoxy) is 1. The van der Waals surface area contributed by atoms with Gasteiger partial charge >= 0.3 is 5.97 Å². The molecule has 0 aromatic carbocycles. The first-order valence-corrected chi connectivity index (χ1v) is 3.21. The molecule has 0 saturated carbocycles. The van der Waals surface area contributed by atoms with Crippen LogP contribution in [0.15, 0.2) is 0 Å². The third kappa shape index (κ3) is 0.892. The topological polar surface area (TPSA) is 72.5 Å². The van der Waals surface area contributed by atoms with Gasteiger partial charge in [0.25, 0.3) is 0 Å². The molecule has 0 bridgehead atoms. The summed E-state index contributed by atoms with van der Waals surface area (Å²) in [5, 5.41) is 8.64. The lowest BCUT2D eigenvalue weighted by molar-refractivity contribution is -0.145. The molecular formula is C6H11NO3. The second-order valence-electron chi connectivity index (χ2n) is 2.61. The fourth-order valence-corrected chi connectivity index (χ4v) is 1.04. The summed E-state index contributed by atoms with van der Waals surface area (Å²) in [6.07, 6.45) is 0.0359. The van der Waals surface area contributed by atoms with E-state index >= 15 is 0 Å². The van der Waals surface area contributed by atoms with E-state index in [1.165, 1.54) is 0 Å². The molecule has 1 heterocycles. The number of carboxylic acid groups (broad SMARTS) is 1. The van der Waals surface area contributed by atoms with Gasteiger partial charge in [-0.05, 0) is 6.92 Å². The lowest BCUT2D eigenvalue weighted by Gasteiger charge is -2.21. The van der Waals surface area contributed by atoms with E-state index in [4.69, 9.17) is 15.6 Å². The quantitative estimate of drug-likeness (QED) is 0.525. The molecule has 4 nitrogen and oxygen atoms in total. The maximum Gasteiger partial charge on any atom is 0.326 e. The first-order valence-electron chi connectivity index (χ1n) is 3.21. The van der Waals surface area contributed by atoms with E-state index in [2.05, 4.69) is 0 Å². The highest BCUT2D eigenvalue weighted by Crippen LogP contribution is 2.22. The highest BCUT2D eigenvalue weighted by Gasteiger charge is 2.44. The van der Waals surface area contributed by atoms with E-state index < -0.39 is 11.5 Å². The van der Waals surface area contributed by atoms with Crippen molar-refractivity contribution < 1.29 is 14.6 Å². The molecule has 0 radical (unpaired) electrons. The highest BCUT2D eigenvalue weighted by atomic mass is 16.5. The molecule has 4 heteroatoms. The molecule has 1 aliphatic rings. The zero-order chi connectivity index (χ0) is 7.78. The Hall–Kier alpha value is -0.610. The van der Waals surface area contributed by atoms with Gasteiger partial charge in [0.05, 0.1) is 6.10 Å². The molecule has 0 aromatic rings. The van der Waals surface area contributed by atoms with E-state index in [-0.39, 0.29) is 6.10 Å². The number of hydrogen-bond acceptors (Lipinski definition) is 3. The third-order valence-corrected chi connectivity index (χ3v) is 2.01. The zero-order valence-electron chi connectivity index (χ0n) is 5.83. The first kappa shape index (κ1) is 7.50. The molecule has 1 fully saturated rings. The second kappa shape index (κ2) is 2.21. The summed E-state index contributed by atoms with van der Waals surface area (Å²) in [6, 6.07) is 0. The lowest BCUT2D eigenvalue weighted by Crippen LogP contribution is -2.53. The summed E-state index contributed by atoms with van der Waals surface area (Å²) < 4.78 is 5.02. The molecule has 10 heavy (non-hydrogen) atoms. The van der Waals surface area contributed by atoms with Crippen LogP contribution in [0.2, 0.25) is 0 Å². The van der Waals surface area contributed by atoms with Crippen LogP contribution in [0.3, 0.4) is 0 Å². The monoisotopic (exact) mass is 145 g/mol. The molecule has 1 saturated heterocycles. The van der Waals surface area contributed by atoms with Crippen molar-refractivity contribution in [3.05, 3.63) is 0 Å². The van der Waals surface area contributed by atoms with Gasteiger partial charge in [0.1, 0.15) is 5.54 Å². The van der Waals surface area contributed by atoms with E-state index in [1.807, 2.05) is 0 Å². The van der Waals surface area contributed by atoms with Crippen molar-refractivity contribution in [2.45, 2.75) is 25.0 Å². The van der Waals surface area contributed by atoms with Crippen LogP contribution in [-0.2, 0) is 9.53 Å². The minimum Gasteiger partial charge on any atom is -0.480 e. The van der Waals surface area contributed by atoms with Crippen LogP contribution in [0.5, 0.6) is 0 Å². The Morgan fingerprint density at radius 3 is 2.70 bits per heavy atom. The van der Waals surface area contributed by atoms with Crippen molar-refractivity contribution >= 4 is 5.97 Å². The number of carboxylic acids is 1. The molecule has 0 spiro atoms. The van der Waals surface area contributed by atoms with Gasteiger partial charge < -0.3 is 15.6 Å². The number of aliphatic carboxylic acids is 1. The number of nitrogens with two attached hydrogens (primary N) is 1. The van der Waals surface area contributed by atoms with E-state index in [1.54, 1.807) is 6.92 Å². The van der Waals surface area contributed by atoms with E-state index in [0.717, 1.165) is 0 Å². The Balaban J connectivity index is 2.75. The molecular weight excluding hydrogens is 134 g/mol. The molecule has 3 N–H and O–H groups in total. The Bertz CT molecular complexity index is 159. The van der Waals surface area contributed by atoms with Crippen molar-refractivity contribution in [2.75, 3.05) is 6.61 Å². The van der Waals surface area contributed by atoms with Gasteiger partial charge in [0.15, 0.2) is 0 Å². The van der Waals surface area contributed by atoms with Gasteiger partial charge in [-0.2, -0.15) is 0 Å². The predicted octanol–water partition coefficient (Wildman–Crippen LogP) is -0.423. The molecule has 1 aliphatic heterocycles. The first-order chi connectivity index (χ1) is 4.57. The molecule has 58 valence electrons. The Labute approximate surface area is 59.0 Å². The predicted molar refractivity (Wildman–Crippen MR) is 34.6 cm³/mol. The van der Waals surface area contributed by atoms with Gasteiger partial charge in [0.2, 0.25) is 0 Å². The van der Waals surface area contributed by atoms with Gasteiger partial charge in [-0.25, -0.2) is 0 Å². The van der Waals surface area contributed by atoms with Gasteiger partial charge in [-0.15, -0.1) is 0 Å². The lowest BCUT2D eigenvalue weighted by atomic mass is 9.94. The highest BCUT2D eigenvalue weighted by molar-refractivity contribution is 5.79. The summed E-state index contributed by atoms with van der Waals surface area (Å²) in [7, 11) is 0. The van der Waals surface area contributed by atoms with Crippen molar-refractivity contribution in [3.63, 3.8) is 0 Å². The number of hydrogen-bond donors (Lipinski definition) is 2. The summed E-state index contributed by atoms with van der Waals surface area (Å²) >= 11 is 0. The van der Waals surface area contributed by atoms with Crippen LogP contribution in [0, 0.1) is 0 Å². The second-order valence-corrected chi connectivity index (χ2v) is 2.61. The zero-order valence-corrected chi connectivity index (χ0v) is 5.83. The molecule has 0 amide bonds. The van der Waals surface area contributed by atoms with Gasteiger partial charge in [-0.1, -0.05) is 0 Å². The summed E-state index contributed by atoms with van der Waals surface area (Å²) in [5.41, 5.74) is 4.37. The van der Waals surface area contributed by atoms with Crippen LogP contribution in [0.25, 0.3) is 0 Å². The van der Waals surface area contributed by atoms with E-state index in [9.17, 15) is 4.79 Å². The van der Waals surface area contributed by atoms with Gasteiger partial charge in [-0.3, -0.25) is 4.79 Å². The maximum atomic E-state index is 10.5. The molecule has 2 atom stereocenters. The average molecular weight is 145 g/mol. The molecule has 0 aromatic heterocycles. The minimum atomic E-state index is -1.15. The van der Waals surface area contributed by atoms with Crippen molar-refractivity contribution in [2.24, 2.45) is 5.73 Å². The van der Waals surface area contributed by atoms with E-state index in [0.29, 0.717) is 13.0 Å². The summed E-state index contributed by atoms with van der Waals surface area (Å²) in [4.78, 5) is 10.5. The van der Waals surface area contributed by atoms with Crippen LogP contribution < -0.4 is 5.73 Å². The molecule has 2 unspecified atom stereocenters. The van der Waals surface area contributed by atoms with Crippen molar-refractivity contribution in [1.82, 2.24) is 0 Å². The maximum absolute atomic E-state index is 10.5. The average Bonchev–Trinajstić information content (AvgIpc) is 2.15. The Morgan fingerprint density at radius 1 is 1.90 bits per heavy atom. The SMILES string of the molecule is CC1OCCC1(N)C(=O)O. The third-order valence-electron chi connectivity index (χ3n) is 2.01.